The highest BCUT2D eigenvalue weighted by Gasteiger charge is 2.38. The molecule has 1 aliphatic heterocycles. The molecule has 6 rings (SSSR count). The quantitative estimate of drug-likeness (QED) is 0.141. The molecular weight excluding hydrogens is 607 g/mol. The molecule has 4 unspecified atom stereocenters. The summed E-state index contributed by atoms with van der Waals surface area (Å²) in [6.07, 6.45) is -0.857. The zero-order chi connectivity index (χ0) is 32.6. The van der Waals surface area contributed by atoms with Gasteiger partial charge in [0.2, 0.25) is 0 Å². The van der Waals surface area contributed by atoms with E-state index in [0.29, 0.717) is 12.1 Å². The van der Waals surface area contributed by atoms with Crippen LogP contribution in [0.25, 0.3) is 11.1 Å². The fourth-order valence-electron chi connectivity index (χ4n) is 5.86. The number of hydrogen-bond donors (Lipinski definition) is 2. The fourth-order valence-corrected chi connectivity index (χ4v) is 7.06. The standard InChI is InChI=1S/C40H39NO5S/c1-27-36(26-47-37-15-9-8-14-35(37)44-2)45-40(46-38(27)30-18-16-28(25-42)17-19-30)32-22-20-29(21-23-32)34-13-7-6-12-33(34)24-41-39(43)31-10-4-3-5-11-31/h3-23,27,36,38,40,42H,24-26H2,1-2H3,(H,41,43). The Bertz CT molecular complexity index is 1760. The van der Waals surface area contributed by atoms with Gasteiger partial charge in [-0.3, -0.25) is 4.79 Å². The van der Waals surface area contributed by atoms with Crippen molar-refractivity contribution < 1.29 is 24.1 Å². The van der Waals surface area contributed by atoms with Crippen LogP contribution >= 0.6 is 11.8 Å². The molecule has 5 aromatic carbocycles. The molecule has 5 aromatic rings. The Morgan fingerprint density at radius 2 is 1.49 bits per heavy atom. The molecule has 0 bridgehead atoms. The van der Waals surface area contributed by atoms with Crippen LogP contribution in [0.3, 0.4) is 0 Å². The average molecular weight is 646 g/mol. The van der Waals surface area contributed by atoms with Gasteiger partial charge < -0.3 is 24.6 Å². The van der Waals surface area contributed by atoms with Crippen molar-refractivity contribution in [2.45, 2.75) is 43.5 Å². The van der Waals surface area contributed by atoms with Crippen LogP contribution < -0.4 is 10.1 Å². The van der Waals surface area contributed by atoms with Crippen molar-refractivity contribution in [2.24, 2.45) is 5.92 Å². The third kappa shape index (κ3) is 7.77. The highest BCUT2D eigenvalue weighted by atomic mass is 32.2. The average Bonchev–Trinajstić information content (AvgIpc) is 3.14. The number of benzene rings is 5. The van der Waals surface area contributed by atoms with Crippen molar-refractivity contribution in [3.63, 3.8) is 0 Å². The van der Waals surface area contributed by atoms with Crippen molar-refractivity contribution >= 4 is 17.7 Å². The molecule has 0 spiro atoms. The highest BCUT2D eigenvalue weighted by Crippen LogP contribution is 2.44. The van der Waals surface area contributed by atoms with Crippen molar-refractivity contribution in [3.8, 4) is 16.9 Å². The van der Waals surface area contributed by atoms with E-state index in [2.05, 4.69) is 48.6 Å². The maximum atomic E-state index is 12.7. The van der Waals surface area contributed by atoms with Gasteiger partial charge in [0.25, 0.3) is 5.91 Å². The second-order valence-electron chi connectivity index (χ2n) is 11.6. The molecule has 1 amide bonds. The van der Waals surface area contributed by atoms with E-state index in [4.69, 9.17) is 14.2 Å². The van der Waals surface area contributed by atoms with Gasteiger partial charge in [0, 0.05) is 34.2 Å². The minimum atomic E-state index is -0.563. The van der Waals surface area contributed by atoms with Crippen LogP contribution in [0, 0.1) is 5.92 Å². The molecule has 1 heterocycles. The SMILES string of the molecule is COc1ccccc1SCC1OC(c2ccc(-c3ccccc3CNC(=O)c3ccccc3)cc2)OC(c2ccc(CO)cc2)C1C. The molecular formula is C40H39NO5S. The van der Waals surface area contributed by atoms with Crippen LogP contribution in [0.4, 0.5) is 0 Å². The van der Waals surface area contributed by atoms with Crippen LogP contribution in [0.2, 0.25) is 0 Å². The van der Waals surface area contributed by atoms with Crippen LogP contribution in [-0.4, -0.2) is 30.0 Å². The van der Waals surface area contributed by atoms with E-state index < -0.39 is 6.29 Å². The van der Waals surface area contributed by atoms with Gasteiger partial charge in [-0.15, -0.1) is 11.8 Å². The van der Waals surface area contributed by atoms with E-state index in [-0.39, 0.29) is 30.6 Å². The maximum Gasteiger partial charge on any atom is 0.251 e. The largest absolute Gasteiger partial charge is 0.496 e. The lowest BCUT2D eigenvalue weighted by Gasteiger charge is -2.41. The van der Waals surface area contributed by atoms with Gasteiger partial charge in [0.15, 0.2) is 6.29 Å². The first-order chi connectivity index (χ1) is 23.0. The summed E-state index contributed by atoms with van der Waals surface area (Å²) in [6.45, 7) is 2.59. The number of thioether (sulfide) groups is 1. The van der Waals surface area contributed by atoms with Crippen molar-refractivity contribution in [2.75, 3.05) is 12.9 Å². The molecule has 1 saturated heterocycles. The summed E-state index contributed by atoms with van der Waals surface area (Å²) in [6, 6.07) is 41.7. The minimum absolute atomic E-state index is 0.000140. The van der Waals surface area contributed by atoms with Crippen LogP contribution in [-0.2, 0) is 22.6 Å². The number of para-hydroxylation sites is 1. The molecule has 0 radical (unpaired) electrons. The summed E-state index contributed by atoms with van der Waals surface area (Å²) in [5.41, 5.74) is 6.62. The third-order valence-electron chi connectivity index (χ3n) is 8.58. The van der Waals surface area contributed by atoms with Gasteiger partial charge in [0.1, 0.15) is 5.75 Å². The summed E-state index contributed by atoms with van der Waals surface area (Å²) in [5.74, 6) is 1.55. The lowest BCUT2D eigenvalue weighted by molar-refractivity contribution is -0.268. The number of rotatable bonds is 11. The molecule has 0 aliphatic carbocycles. The second kappa shape index (κ2) is 15.5. The van der Waals surface area contributed by atoms with Crippen LogP contribution in [0.5, 0.6) is 5.75 Å². The highest BCUT2D eigenvalue weighted by molar-refractivity contribution is 7.99. The van der Waals surface area contributed by atoms with E-state index in [1.54, 1.807) is 18.9 Å². The predicted octanol–water partition coefficient (Wildman–Crippen LogP) is 8.37. The normalized spacial score (nSPS) is 19.2. The number of ether oxygens (including phenoxy) is 3. The Kier molecular flexibility index (Phi) is 10.7. The topological polar surface area (TPSA) is 77.0 Å². The third-order valence-corrected chi connectivity index (χ3v) is 9.73. The number of nitrogens with one attached hydrogen (secondary N) is 1. The number of amides is 1. The number of aliphatic hydroxyl groups excluding tert-OH is 1. The fraction of sp³-hybridized carbons (Fsp3) is 0.225. The Morgan fingerprint density at radius 3 is 2.23 bits per heavy atom. The molecule has 6 nitrogen and oxygen atoms in total. The number of carbonyl (C=O) groups excluding carboxylic acids is 1. The summed E-state index contributed by atoms with van der Waals surface area (Å²) in [4.78, 5) is 13.8. The number of hydrogen-bond acceptors (Lipinski definition) is 6. The summed E-state index contributed by atoms with van der Waals surface area (Å²) in [5, 5.41) is 12.6. The van der Waals surface area contributed by atoms with Gasteiger partial charge in [-0.1, -0.05) is 110 Å². The predicted molar refractivity (Wildman–Crippen MR) is 186 cm³/mol. The van der Waals surface area contributed by atoms with Crippen LogP contribution in [0.1, 0.15) is 51.9 Å². The van der Waals surface area contributed by atoms with Gasteiger partial charge in [-0.2, -0.15) is 0 Å². The zero-order valence-electron chi connectivity index (χ0n) is 26.5. The lowest BCUT2D eigenvalue weighted by Crippen LogP contribution is -2.38. The summed E-state index contributed by atoms with van der Waals surface area (Å²) >= 11 is 1.72. The second-order valence-corrected chi connectivity index (χ2v) is 12.7. The first-order valence-electron chi connectivity index (χ1n) is 15.8. The Labute approximate surface area is 280 Å². The van der Waals surface area contributed by atoms with Crippen LogP contribution in [0.15, 0.2) is 132 Å². The van der Waals surface area contributed by atoms with Crippen molar-refractivity contribution in [1.29, 1.82) is 0 Å². The lowest BCUT2D eigenvalue weighted by atomic mass is 9.91. The first-order valence-corrected chi connectivity index (χ1v) is 16.8. The maximum absolute atomic E-state index is 12.7. The van der Waals surface area contributed by atoms with E-state index in [1.807, 2.05) is 91.0 Å². The van der Waals surface area contributed by atoms with Gasteiger partial charge in [0.05, 0.1) is 25.9 Å². The Balaban J connectivity index is 1.22. The van der Waals surface area contributed by atoms with E-state index >= 15 is 0 Å². The van der Waals surface area contributed by atoms with Crippen molar-refractivity contribution in [3.05, 3.63) is 155 Å². The Hall–Kier alpha value is -4.40. The zero-order valence-corrected chi connectivity index (χ0v) is 27.4. The molecule has 47 heavy (non-hydrogen) atoms. The molecule has 1 aliphatic rings. The minimum Gasteiger partial charge on any atom is -0.496 e. The summed E-state index contributed by atoms with van der Waals surface area (Å²) in [7, 11) is 1.69. The molecule has 7 heteroatoms. The molecule has 4 atom stereocenters. The smallest absolute Gasteiger partial charge is 0.251 e. The molecule has 2 N–H and O–H groups in total. The molecule has 0 saturated carbocycles. The van der Waals surface area contributed by atoms with Gasteiger partial charge >= 0.3 is 0 Å². The number of aliphatic hydroxyl groups is 1. The first kappa shape index (κ1) is 32.5. The molecule has 1 fully saturated rings. The van der Waals surface area contributed by atoms with Crippen molar-refractivity contribution in [1.82, 2.24) is 5.32 Å². The summed E-state index contributed by atoms with van der Waals surface area (Å²) < 4.78 is 19.0. The van der Waals surface area contributed by atoms with E-state index in [1.165, 1.54) is 0 Å². The van der Waals surface area contributed by atoms with Gasteiger partial charge in [-0.05, 0) is 52.1 Å². The molecule has 0 aromatic heterocycles. The number of carbonyl (C=O) groups is 1. The van der Waals surface area contributed by atoms with E-state index in [0.717, 1.165) is 49.8 Å². The molecule has 240 valence electrons. The Morgan fingerprint density at radius 1 is 0.809 bits per heavy atom. The van der Waals surface area contributed by atoms with Gasteiger partial charge in [-0.25, -0.2) is 0 Å². The van der Waals surface area contributed by atoms with E-state index in [9.17, 15) is 9.90 Å². The number of methoxy groups -OCH3 is 1. The monoisotopic (exact) mass is 645 g/mol.